The molecule has 2 rings (SSSR count). The fraction of sp³-hybridized carbons (Fsp3) is 0.308. The minimum Gasteiger partial charge on any atom is -0.379 e. The molecule has 1 heterocycles. The highest BCUT2D eigenvalue weighted by Crippen LogP contribution is 2.17. The molecule has 0 aliphatic carbocycles. The molecule has 1 aromatic heterocycles. The largest absolute Gasteiger partial charge is 0.379 e. The standard InChI is InChI=1S/C13H16N2S2/c1-2-16-8-11-4-3-5-12(6-11)14-7-13-9-17-10-15-13/h3-6,9-10,14H,2,7-8H2,1H3. The predicted octanol–water partition coefficient (Wildman–Crippen LogP) is 4.01. The number of anilines is 1. The number of nitrogens with zero attached hydrogens (tertiary/aromatic N) is 1. The summed E-state index contributed by atoms with van der Waals surface area (Å²) in [5.74, 6) is 2.25. The highest BCUT2D eigenvalue weighted by Gasteiger charge is 1.97. The number of nitrogens with one attached hydrogen (secondary N) is 1. The maximum absolute atomic E-state index is 4.26. The first-order valence-corrected chi connectivity index (χ1v) is 7.76. The molecule has 0 aliphatic rings. The zero-order valence-electron chi connectivity index (χ0n) is 9.85. The zero-order chi connectivity index (χ0) is 11.9. The fourth-order valence-electron chi connectivity index (χ4n) is 1.51. The van der Waals surface area contributed by atoms with Gasteiger partial charge in [-0.1, -0.05) is 19.1 Å². The van der Waals surface area contributed by atoms with Crippen molar-refractivity contribution in [1.82, 2.24) is 4.98 Å². The van der Waals surface area contributed by atoms with E-state index in [1.165, 1.54) is 11.3 Å². The smallest absolute Gasteiger partial charge is 0.0795 e. The third-order valence-corrected chi connectivity index (χ3v) is 3.94. The summed E-state index contributed by atoms with van der Waals surface area (Å²) in [6, 6.07) is 8.60. The van der Waals surface area contributed by atoms with E-state index in [2.05, 4.69) is 46.9 Å². The third kappa shape index (κ3) is 4.06. The Balaban J connectivity index is 1.91. The molecule has 4 heteroatoms. The lowest BCUT2D eigenvalue weighted by atomic mass is 10.2. The second-order valence-electron chi connectivity index (χ2n) is 3.67. The van der Waals surface area contributed by atoms with Gasteiger partial charge in [0.1, 0.15) is 0 Å². The summed E-state index contributed by atoms with van der Waals surface area (Å²) in [5.41, 5.74) is 5.52. The summed E-state index contributed by atoms with van der Waals surface area (Å²) in [4.78, 5) is 4.26. The normalized spacial score (nSPS) is 10.4. The molecule has 2 nitrogen and oxygen atoms in total. The van der Waals surface area contributed by atoms with Gasteiger partial charge in [-0.05, 0) is 23.4 Å². The number of aromatic nitrogens is 1. The van der Waals surface area contributed by atoms with Crippen LogP contribution in [-0.4, -0.2) is 10.7 Å². The van der Waals surface area contributed by atoms with Crippen LogP contribution in [0.2, 0.25) is 0 Å². The van der Waals surface area contributed by atoms with Crippen LogP contribution in [0.1, 0.15) is 18.2 Å². The fourth-order valence-corrected chi connectivity index (χ4v) is 2.69. The number of thioether (sulfide) groups is 1. The van der Waals surface area contributed by atoms with Crippen LogP contribution in [0.15, 0.2) is 35.2 Å². The number of benzene rings is 1. The average molecular weight is 264 g/mol. The van der Waals surface area contributed by atoms with E-state index in [0.717, 1.165) is 23.7 Å². The Hall–Kier alpha value is -1.00. The molecule has 1 N–H and O–H groups in total. The lowest BCUT2D eigenvalue weighted by molar-refractivity contribution is 1.07. The van der Waals surface area contributed by atoms with Gasteiger partial charge in [-0.15, -0.1) is 11.3 Å². The maximum Gasteiger partial charge on any atom is 0.0795 e. The van der Waals surface area contributed by atoms with Crippen molar-refractivity contribution in [3.63, 3.8) is 0 Å². The quantitative estimate of drug-likeness (QED) is 0.853. The van der Waals surface area contributed by atoms with Crippen LogP contribution in [0.4, 0.5) is 5.69 Å². The van der Waals surface area contributed by atoms with Crippen LogP contribution in [0.3, 0.4) is 0 Å². The summed E-state index contributed by atoms with van der Waals surface area (Å²) in [5, 5.41) is 5.47. The van der Waals surface area contributed by atoms with Crippen LogP contribution < -0.4 is 5.32 Å². The Morgan fingerprint density at radius 3 is 3.12 bits per heavy atom. The van der Waals surface area contributed by atoms with Gasteiger partial charge >= 0.3 is 0 Å². The summed E-state index contributed by atoms with van der Waals surface area (Å²) >= 11 is 3.58. The monoisotopic (exact) mass is 264 g/mol. The minimum atomic E-state index is 0.799. The van der Waals surface area contributed by atoms with Gasteiger partial charge in [-0.2, -0.15) is 11.8 Å². The van der Waals surface area contributed by atoms with Gasteiger partial charge in [0, 0.05) is 16.8 Å². The molecule has 0 aliphatic heterocycles. The van der Waals surface area contributed by atoms with Gasteiger partial charge in [0.05, 0.1) is 17.7 Å². The number of hydrogen-bond donors (Lipinski definition) is 1. The van der Waals surface area contributed by atoms with E-state index in [0.29, 0.717) is 0 Å². The van der Waals surface area contributed by atoms with E-state index in [4.69, 9.17) is 0 Å². The molecular weight excluding hydrogens is 248 g/mol. The van der Waals surface area contributed by atoms with Crippen LogP contribution >= 0.6 is 23.1 Å². The van der Waals surface area contributed by atoms with Gasteiger partial charge < -0.3 is 5.32 Å². The number of hydrogen-bond acceptors (Lipinski definition) is 4. The van der Waals surface area contributed by atoms with Crippen LogP contribution in [0.5, 0.6) is 0 Å². The SMILES string of the molecule is CCSCc1cccc(NCc2cscn2)c1. The van der Waals surface area contributed by atoms with E-state index in [1.807, 2.05) is 17.3 Å². The third-order valence-electron chi connectivity index (χ3n) is 2.36. The molecule has 0 fully saturated rings. The van der Waals surface area contributed by atoms with Crippen LogP contribution in [0, 0.1) is 0 Å². The average Bonchev–Trinajstić information content (AvgIpc) is 2.87. The minimum absolute atomic E-state index is 0.799. The van der Waals surface area contributed by atoms with Crippen molar-refractivity contribution in [3.8, 4) is 0 Å². The molecule has 0 bridgehead atoms. The van der Waals surface area contributed by atoms with E-state index < -0.39 is 0 Å². The van der Waals surface area contributed by atoms with Crippen molar-refractivity contribution < 1.29 is 0 Å². The first kappa shape index (κ1) is 12.5. The van der Waals surface area contributed by atoms with Crippen molar-refractivity contribution in [1.29, 1.82) is 0 Å². The number of rotatable bonds is 6. The highest BCUT2D eigenvalue weighted by molar-refractivity contribution is 7.98. The molecule has 17 heavy (non-hydrogen) atoms. The summed E-state index contributed by atoms with van der Waals surface area (Å²) < 4.78 is 0. The lowest BCUT2D eigenvalue weighted by Gasteiger charge is -2.06. The van der Waals surface area contributed by atoms with Crippen LogP contribution in [0.25, 0.3) is 0 Å². The van der Waals surface area contributed by atoms with Gasteiger partial charge in [0.15, 0.2) is 0 Å². The molecule has 0 amide bonds. The van der Waals surface area contributed by atoms with Crippen molar-refractivity contribution in [2.45, 2.75) is 19.2 Å². The Morgan fingerprint density at radius 1 is 1.41 bits per heavy atom. The Bertz CT molecular complexity index is 440. The van der Waals surface area contributed by atoms with Crippen LogP contribution in [-0.2, 0) is 12.3 Å². The van der Waals surface area contributed by atoms with E-state index in [-0.39, 0.29) is 0 Å². The number of thiazole rings is 1. The molecule has 0 saturated heterocycles. The van der Waals surface area contributed by atoms with Gasteiger partial charge in [-0.3, -0.25) is 0 Å². The van der Waals surface area contributed by atoms with Gasteiger partial charge in [-0.25, -0.2) is 4.98 Å². The van der Waals surface area contributed by atoms with E-state index in [9.17, 15) is 0 Å². The summed E-state index contributed by atoms with van der Waals surface area (Å²) in [6.07, 6.45) is 0. The Morgan fingerprint density at radius 2 is 2.35 bits per heavy atom. The first-order valence-electron chi connectivity index (χ1n) is 5.66. The lowest BCUT2D eigenvalue weighted by Crippen LogP contribution is -1.99. The van der Waals surface area contributed by atoms with Crippen molar-refractivity contribution >= 4 is 28.8 Å². The van der Waals surface area contributed by atoms with Gasteiger partial charge in [0.2, 0.25) is 0 Å². The molecule has 1 aromatic carbocycles. The second-order valence-corrected chi connectivity index (χ2v) is 5.66. The van der Waals surface area contributed by atoms with E-state index >= 15 is 0 Å². The molecule has 0 saturated carbocycles. The van der Waals surface area contributed by atoms with Crippen molar-refractivity contribution in [3.05, 3.63) is 46.4 Å². The first-order chi connectivity index (χ1) is 8.38. The molecule has 0 atom stereocenters. The summed E-state index contributed by atoms with van der Waals surface area (Å²) in [7, 11) is 0. The molecule has 0 radical (unpaired) electrons. The molecular formula is C13H16N2S2. The van der Waals surface area contributed by atoms with Gasteiger partial charge in [0.25, 0.3) is 0 Å². The Kier molecular flexibility index (Phi) is 4.88. The molecule has 0 spiro atoms. The topological polar surface area (TPSA) is 24.9 Å². The molecule has 2 aromatic rings. The Labute approximate surface area is 110 Å². The summed E-state index contributed by atoms with van der Waals surface area (Å²) in [6.45, 7) is 2.99. The second kappa shape index (κ2) is 6.67. The molecule has 0 unspecified atom stereocenters. The molecule has 90 valence electrons. The van der Waals surface area contributed by atoms with E-state index in [1.54, 1.807) is 11.3 Å². The predicted molar refractivity (Wildman–Crippen MR) is 77.7 cm³/mol. The maximum atomic E-state index is 4.26. The zero-order valence-corrected chi connectivity index (χ0v) is 11.5. The van der Waals surface area contributed by atoms with Crippen molar-refractivity contribution in [2.24, 2.45) is 0 Å². The van der Waals surface area contributed by atoms with Crippen molar-refractivity contribution in [2.75, 3.05) is 11.1 Å². The highest BCUT2D eigenvalue weighted by atomic mass is 32.2.